The number of anilines is 1. The van der Waals surface area contributed by atoms with E-state index in [1.54, 1.807) is 23.4 Å². The van der Waals surface area contributed by atoms with E-state index >= 15 is 0 Å². The number of aryl methyl sites for hydroxylation is 1. The maximum atomic E-state index is 13.3. The van der Waals surface area contributed by atoms with Gasteiger partial charge in [-0.3, -0.25) is 14.2 Å². The summed E-state index contributed by atoms with van der Waals surface area (Å²) in [6.07, 6.45) is 1.65. The van der Waals surface area contributed by atoms with E-state index in [2.05, 4.69) is 6.07 Å². The first-order valence-electron chi connectivity index (χ1n) is 10.1. The molecule has 1 aromatic heterocycles. The van der Waals surface area contributed by atoms with Gasteiger partial charge in [0, 0.05) is 24.4 Å². The molecule has 0 spiro atoms. The molecule has 0 radical (unpaired) electrons. The Balaban J connectivity index is 1.45. The summed E-state index contributed by atoms with van der Waals surface area (Å²) in [7, 11) is 1.61. The van der Waals surface area contributed by atoms with Crippen LogP contribution in [0.4, 0.5) is 5.69 Å². The minimum atomic E-state index is -0.0702. The molecule has 3 heterocycles. The molecule has 2 aromatic carbocycles. The second kappa shape index (κ2) is 8.43. The molecule has 1 amide bonds. The molecule has 0 bridgehead atoms. The normalized spacial score (nSPS) is 14.4. The average Bonchev–Trinajstić information content (AvgIpc) is 3.45. The largest absolute Gasteiger partial charge is 0.497 e. The van der Waals surface area contributed by atoms with Crippen LogP contribution in [0.5, 0.6) is 5.75 Å². The predicted molar refractivity (Wildman–Crippen MR) is 124 cm³/mol. The van der Waals surface area contributed by atoms with Crippen molar-refractivity contribution in [3.05, 3.63) is 70.1 Å². The van der Waals surface area contributed by atoms with E-state index in [0.29, 0.717) is 16.6 Å². The van der Waals surface area contributed by atoms with Gasteiger partial charge in [0.2, 0.25) is 5.91 Å². The SMILES string of the molecule is COc1ccc(-n2c(SCC(=O)N3CCc4ccccc43)nc3c(c2=O)SCC3)cc1. The number of hydrogen-bond donors (Lipinski definition) is 0. The van der Waals surface area contributed by atoms with Crippen LogP contribution in [0, 0.1) is 0 Å². The molecule has 5 rings (SSSR count). The molecule has 3 aromatic rings. The molecule has 2 aliphatic heterocycles. The van der Waals surface area contributed by atoms with Gasteiger partial charge in [-0.05, 0) is 42.3 Å². The zero-order valence-electron chi connectivity index (χ0n) is 17.0. The Morgan fingerprint density at radius 1 is 1.16 bits per heavy atom. The quantitative estimate of drug-likeness (QED) is 0.437. The van der Waals surface area contributed by atoms with Gasteiger partial charge in [-0.15, -0.1) is 11.8 Å². The molecular formula is C23H21N3O3S2. The standard InChI is InChI=1S/C23H21N3O3S2/c1-29-17-8-6-16(7-9-17)26-22(28)21-18(11-13-30-21)24-23(26)31-14-20(27)25-12-10-15-4-2-3-5-19(15)25/h2-9H,10-14H2,1H3. The van der Waals surface area contributed by atoms with Gasteiger partial charge in [-0.25, -0.2) is 4.98 Å². The molecule has 0 saturated carbocycles. The molecule has 6 nitrogen and oxygen atoms in total. The number of para-hydroxylation sites is 1. The predicted octanol–water partition coefficient (Wildman–Crippen LogP) is 3.57. The summed E-state index contributed by atoms with van der Waals surface area (Å²) >= 11 is 2.87. The number of hydrogen-bond acceptors (Lipinski definition) is 6. The van der Waals surface area contributed by atoms with Crippen molar-refractivity contribution in [3.63, 3.8) is 0 Å². The summed E-state index contributed by atoms with van der Waals surface area (Å²) in [6, 6.07) is 15.3. The summed E-state index contributed by atoms with van der Waals surface area (Å²) in [6.45, 7) is 0.693. The number of methoxy groups -OCH3 is 1. The molecule has 0 unspecified atom stereocenters. The Bertz CT molecular complexity index is 1210. The van der Waals surface area contributed by atoms with Crippen LogP contribution < -0.4 is 15.2 Å². The van der Waals surface area contributed by atoms with E-state index in [1.165, 1.54) is 17.3 Å². The first-order valence-corrected chi connectivity index (χ1v) is 12.1. The summed E-state index contributed by atoms with van der Waals surface area (Å²) in [5.74, 6) is 1.83. The third-order valence-electron chi connectivity index (χ3n) is 5.51. The van der Waals surface area contributed by atoms with E-state index in [-0.39, 0.29) is 17.2 Å². The topological polar surface area (TPSA) is 64.4 Å². The van der Waals surface area contributed by atoms with E-state index in [0.717, 1.165) is 41.4 Å². The average molecular weight is 452 g/mol. The zero-order valence-corrected chi connectivity index (χ0v) is 18.7. The van der Waals surface area contributed by atoms with Crippen molar-refractivity contribution in [3.8, 4) is 11.4 Å². The molecule has 8 heteroatoms. The van der Waals surface area contributed by atoms with Gasteiger partial charge in [-0.2, -0.15) is 0 Å². The van der Waals surface area contributed by atoms with Crippen LogP contribution >= 0.6 is 23.5 Å². The summed E-state index contributed by atoms with van der Waals surface area (Å²) in [5, 5.41) is 0.553. The minimum Gasteiger partial charge on any atom is -0.497 e. The maximum absolute atomic E-state index is 13.3. The van der Waals surface area contributed by atoms with Gasteiger partial charge in [0.05, 0.1) is 29.1 Å². The second-order valence-corrected chi connectivity index (χ2v) is 9.37. The van der Waals surface area contributed by atoms with Crippen LogP contribution in [-0.2, 0) is 17.6 Å². The molecule has 0 fully saturated rings. The fraction of sp³-hybridized carbons (Fsp3) is 0.261. The van der Waals surface area contributed by atoms with Crippen LogP contribution in [0.1, 0.15) is 11.3 Å². The van der Waals surface area contributed by atoms with Gasteiger partial charge in [0.25, 0.3) is 5.56 Å². The summed E-state index contributed by atoms with van der Waals surface area (Å²) in [4.78, 5) is 33.6. The molecule has 2 aliphatic rings. The third kappa shape index (κ3) is 3.74. The van der Waals surface area contributed by atoms with E-state index in [4.69, 9.17) is 9.72 Å². The Kier molecular flexibility index (Phi) is 5.50. The summed E-state index contributed by atoms with van der Waals surface area (Å²) in [5.41, 5.74) is 3.66. The number of benzene rings is 2. The van der Waals surface area contributed by atoms with Crippen LogP contribution in [-0.4, -0.2) is 40.6 Å². The highest BCUT2D eigenvalue weighted by atomic mass is 32.2. The lowest BCUT2D eigenvalue weighted by Gasteiger charge is -2.18. The zero-order chi connectivity index (χ0) is 21.4. The van der Waals surface area contributed by atoms with Crippen molar-refractivity contribution in [2.45, 2.75) is 22.9 Å². The lowest BCUT2D eigenvalue weighted by molar-refractivity contribution is -0.116. The maximum Gasteiger partial charge on any atom is 0.272 e. The van der Waals surface area contributed by atoms with Crippen LogP contribution in [0.15, 0.2) is 63.4 Å². The van der Waals surface area contributed by atoms with Gasteiger partial charge >= 0.3 is 0 Å². The van der Waals surface area contributed by atoms with Gasteiger partial charge in [0.15, 0.2) is 5.16 Å². The molecular weight excluding hydrogens is 430 g/mol. The fourth-order valence-electron chi connectivity index (χ4n) is 3.95. The number of aromatic nitrogens is 2. The number of carbonyl (C=O) groups is 1. The third-order valence-corrected chi connectivity index (χ3v) is 7.54. The van der Waals surface area contributed by atoms with Crippen molar-refractivity contribution in [2.24, 2.45) is 0 Å². The van der Waals surface area contributed by atoms with Crippen molar-refractivity contribution >= 4 is 35.1 Å². The van der Waals surface area contributed by atoms with Gasteiger partial charge in [-0.1, -0.05) is 30.0 Å². The number of nitrogens with zero attached hydrogens (tertiary/aromatic N) is 3. The van der Waals surface area contributed by atoms with Crippen LogP contribution in [0.2, 0.25) is 0 Å². The number of rotatable bonds is 5. The summed E-state index contributed by atoms with van der Waals surface area (Å²) < 4.78 is 6.86. The highest BCUT2D eigenvalue weighted by molar-refractivity contribution is 8.00. The van der Waals surface area contributed by atoms with Crippen LogP contribution in [0.25, 0.3) is 5.69 Å². The Hall–Kier alpha value is -2.71. The van der Waals surface area contributed by atoms with E-state index < -0.39 is 0 Å². The van der Waals surface area contributed by atoms with Crippen molar-refractivity contribution in [1.29, 1.82) is 0 Å². The smallest absolute Gasteiger partial charge is 0.272 e. The molecule has 158 valence electrons. The van der Waals surface area contributed by atoms with Crippen molar-refractivity contribution < 1.29 is 9.53 Å². The molecule has 0 saturated heterocycles. The van der Waals surface area contributed by atoms with Crippen molar-refractivity contribution in [2.75, 3.05) is 30.1 Å². The Labute approximate surface area is 188 Å². The van der Waals surface area contributed by atoms with Crippen molar-refractivity contribution in [1.82, 2.24) is 9.55 Å². The van der Waals surface area contributed by atoms with E-state index in [1.807, 2.05) is 47.4 Å². The van der Waals surface area contributed by atoms with Gasteiger partial charge < -0.3 is 9.64 Å². The molecule has 31 heavy (non-hydrogen) atoms. The number of amides is 1. The monoisotopic (exact) mass is 451 g/mol. The lowest BCUT2D eigenvalue weighted by atomic mass is 10.2. The first-order chi connectivity index (χ1) is 15.2. The molecule has 0 aliphatic carbocycles. The van der Waals surface area contributed by atoms with Crippen LogP contribution in [0.3, 0.4) is 0 Å². The first kappa shape index (κ1) is 20.2. The number of thioether (sulfide) groups is 2. The molecule has 0 atom stereocenters. The Morgan fingerprint density at radius 2 is 1.97 bits per heavy atom. The Morgan fingerprint density at radius 3 is 2.77 bits per heavy atom. The fourth-order valence-corrected chi connectivity index (χ4v) is 5.88. The van der Waals surface area contributed by atoms with E-state index in [9.17, 15) is 9.59 Å². The number of carbonyl (C=O) groups excluding carboxylic acids is 1. The minimum absolute atomic E-state index is 0.0281. The number of ether oxygens (including phenoxy) is 1. The molecule has 0 N–H and O–H groups in total. The lowest BCUT2D eigenvalue weighted by Crippen LogP contribution is -2.31. The number of fused-ring (bicyclic) bond motifs is 2. The van der Waals surface area contributed by atoms with Gasteiger partial charge in [0.1, 0.15) is 5.75 Å². The second-order valence-electron chi connectivity index (χ2n) is 7.32. The highest BCUT2D eigenvalue weighted by Gasteiger charge is 2.26. The highest BCUT2D eigenvalue weighted by Crippen LogP contribution is 2.32.